The Bertz CT molecular complexity index is 562. The molecule has 3 aliphatic rings. The highest BCUT2D eigenvalue weighted by Crippen LogP contribution is 2.44. The average molecular weight is 286 g/mol. The molecular weight excluding hydrogens is 264 g/mol. The highest BCUT2D eigenvalue weighted by Gasteiger charge is 2.52. The molecule has 0 unspecified atom stereocenters. The maximum atomic E-state index is 12.6. The van der Waals surface area contributed by atoms with E-state index in [0.29, 0.717) is 25.6 Å². The quantitative estimate of drug-likeness (QED) is 0.914. The lowest BCUT2D eigenvalue weighted by molar-refractivity contribution is -0.134. The van der Waals surface area contributed by atoms with E-state index in [2.05, 4.69) is 11.0 Å². The van der Waals surface area contributed by atoms with Crippen LogP contribution in [0.4, 0.5) is 5.69 Å². The smallest absolute Gasteiger partial charge is 0.241 e. The molecule has 4 nitrogen and oxygen atoms in total. The Labute approximate surface area is 125 Å². The van der Waals surface area contributed by atoms with Crippen molar-refractivity contribution in [2.75, 3.05) is 31.1 Å². The zero-order valence-electron chi connectivity index (χ0n) is 12.3. The van der Waals surface area contributed by atoms with E-state index < -0.39 is 5.60 Å². The Morgan fingerprint density at radius 2 is 2.05 bits per heavy atom. The van der Waals surface area contributed by atoms with Gasteiger partial charge in [0.2, 0.25) is 5.91 Å². The van der Waals surface area contributed by atoms with Gasteiger partial charge in [0.05, 0.1) is 12.1 Å². The van der Waals surface area contributed by atoms with E-state index in [1.165, 1.54) is 5.56 Å². The van der Waals surface area contributed by atoms with Gasteiger partial charge in [-0.1, -0.05) is 18.2 Å². The minimum Gasteiger partial charge on any atom is -0.387 e. The zero-order chi connectivity index (χ0) is 14.4. The zero-order valence-corrected chi connectivity index (χ0v) is 12.3. The van der Waals surface area contributed by atoms with Crippen molar-refractivity contribution in [3.05, 3.63) is 29.8 Å². The second-order valence-electron chi connectivity index (χ2n) is 6.80. The summed E-state index contributed by atoms with van der Waals surface area (Å²) in [6.07, 6.45) is 4.40. The summed E-state index contributed by atoms with van der Waals surface area (Å²) < 4.78 is 0. The van der Waals surface area contributed by atoms with Crippen molar-refractivity contribution < 1.29 is 9.90 Å². The number of benzene rings is 1. The van der Waals surface area contributed by atoms with E-state index >= 15 is 0 Å². The molecule has 21 heavy (non-hydrogen) atoms. The molecule has 0 bridgehead atoms. The fraction of sp³-hybridized carbons (Fsp3) is 0.588. The molecule has 0 spiro atoms. The van der Waals surface area contributed by atoms with E-state index in [4.69, 9.17) is 0 Å². The van der Waals surface area contributed by atoms with Gasteiger partial charge in [0, 0.05) is 25.3 Å². The molecule has 112 valence electrons. The summed E-state index contributed by atoms with van der Waals surface area (Å²) in [5.74, 6) is 0.652. The Balaban J connectivity index is 1.40. The van der Waals surface area contributed by atoms with Crippen molar-refractivity contribution in [3.63, 3.8) is 0 Å². The van der Waals surface area contributed by atoms with Gasteiger partial charge in [-0.25, -0.2) is 0 Å². The first kappa shape index (κ1) is 13.3. The number of β-amino-alcohol motifs (C(OH)–C–C–N with tert-alkyl or cyclic N) is 1. The fourth-order valence-electron chi connectivity index (χ4n) is 3.79. The van der Waals surface area contributed by atoms with Crippen LogP contribution in [0.3, 0.4) is 0 Å². The standard InChI is InChI=1S/C17H22N2O2/c20-16(10-18-11-17(21,12-18)14-7-8-14)19-9-3-5-13-4-1-2-6-15(13)19/h1-2,4,6,14,21H,3,5,7-12H2. The van der Waals surface area contributed by atoms with Gasteiger partial charge < -0.3 is 10.0 Å². The Kier molecular flexibility index (Phi) is 3.05. The maximum Gasteiger partial charge on any atom is 0.241 e. The largest absolute Gasteiger partial charge is 0.387 e. The number of carbonyl (C=O) groups excluding carboxylic acids is 1. The summed E-state index contributed by atoms with van der Waals surface area (Å²) in [6, 6.07) is 8.20. The van der Waals surface area contributed by atoms with E-state index in [0.717, 1.165) is 37.9 Å². The third kappa shape index (κ3) is 2.36. The molecule has 2 aliphatic heterocycles. The Morgan fingerprint density at radius 1 is 1.29 bits per heavy atom. The summed E-state index contributed by atoms with van der Waals surface area (Å²) in [5, 5.41) is 10.3. The number of aliphatic hydroxyl groups is 1. The summed E-state index contributed by atoms with van der Waals surface area (Å²) in [5.41, 5.74) is 1.85. The molecule has 1 aliphatic carbocycles. The second kappa shape index (κ2) is 4.82. The lowest BCUT2D eigenvalue weighted by Crippen LogP contribution is -2.64. The predicted molar refractivity (Wildman–Crippen MR) is 81.2 cm³/mol. The number of rotatable bonds is 3. The van der Waals surface area contributed by atoms with Gasteiger partial charge in [-0.2, -0.15) is 0 Å². The molecule has 1 aromatic carbocycles. The van der Waals surface area contributed by atoms with Gasteiger partial charge in [0.15, 0.2) is 0 Å². The second-order valence-corrected chi connectivity index (χ2v) is 6.80. The number of nitrogens with zero attached hydrogens (tertiary/aromatic N) is 2. The maximum absolute atomic E-state index is 12.6. The molecular formula is C17H22N2O2. The van der Waals surface area contributed by atoms with E-state index in [1.807, 2.05) is 23.1 Å². The monoisotopic (exact) mass is 286 g/mol. The number of hydrogen-bond acceptors (Lipinski definition) is 3. The van der Waals surface area contributed by atoms with Gasteiger partial charge in [-0.3, -0.25) is 9.69 Å². The van der Waals surface area contributed by atoms with E-state index in [1.54, 1.807) is 0 Å². The molecule has 1 aromatic rings. The molecule has 0 atom stereocenters. The van der Waals surface area contributed by atoms with Gasteiger partial charge in [0.25, 0.3) is 0 Å². The summed E-state index contributed by atoms with van der Waals surface area (Å²) in [4.78, 5) is 16.6. The number of likely N-dealkylation sites (tertiary alicyclic amines) is 1. The van der Waals surface area contributed by atoms with Crippen LogP contribution in [0.1, 0.15) is 24.8 Å². The van der Waals surface area contributed by atoms with Crippen LogP contribution in [0.5, 0.6) is 0 Å². The van der Waals surface area contributed by atoms with E-state index in [9.17, 15) is 9.90 Å². The van der Waals surface area contributed by atoms with Crippen LogP contribution >= 0.6 is 0 Å². The molecule has 2 heterocycles. The van der Waals surface area contributed by atoms with Crippen molar-refractivity contribution in [1.29, 1.82) is 0 Å². The lowest BCUT2D eigenvalue weighted by Gasteiger charge is -2.47. The molecule has 1 saturated heterocycles. The van der Waals surface area contributed by atoms with Crippen LogP contribution in [0.2, 0.25) is 0 Å². The number of hydrogen-bond donors (Lipinski definition) is 1. The third-order valence-corrected chi connectivity index (χ3v) is 5.10. The average Bonchev–Trinajstić information content (AvgIpc) is 3.29. The molecule has 4 rings (SSSR count). The molecule has 1 N–H and O–H groups in total. The topological polar surface area (TPSA) is 43.8 Å². The highest BCUT2D eigenvalue weighted by atomic mass is 16.3. The van der Waals surface area contributed by atoms with Crippen molar-refractivity contribution in [3.8, 4) is 0 Å². The SMILES string of the molecule is O=C(CN1CC(O)(C2CC2)C1)N1CCCc2ccccc21. The number of carbonyl (C=O) groups is 1. The van der Waals surface area contributed by atoms with Crippen LogP contribution in [0.25, 0.3) is 0 Å². The van der Waals surface area contributed by atoms with Crippen molar-refractivity contribution in [1.82, 2.24) is 4.90 Å². The van der Waals surface area contributed by atoms with Crippen LogP contribution in [0.15, 0.2) is 24.3 Å². The molecule has 2 fully saturated rings. The van der Waals surface area contributed by atoms with Crippen molar-refractivity contribution >= 4 is 11.6 Å². The normalized spacial score (nSPS) is 24.3. The number of anilines is 1. The highest BCUT2D eigenvalue weighted by molar-refractivity contribution is 5.96. The molecule has 1 amide bonds. The summed E-state index contributed by atoms with van der Waals surface area (Å²) in [6.45, 7) is 2.58. The minimum absolute atomic E-state index is 0.167. The van der Waals surface area contributed by atoms with Crippen LogP contribution < -0.4 is 4.90 Å². The Morgan fingerprint density at radius 3 is 2.81 bits per heavy atom. The third-order valence-electron chi connectivity index (χ3n) is 5.10. The minimum atomic E-state index is -0.500. The molecule has 0 aromatic heterocycles. The summed E-state index contributed by atoms with van der Waals surface area (Å²) >= 11 is 0. The first-order valence-electron chi connectivity index (χ1n) is 7.99. The van der Waals surface area contributed by atoms with Gasteiger partial charge in [-0.15, -0.1) is 0 Å². The summed E-state index contributed by atoms with van der Waals surface area (Å²) in [7, 11) is 0. The molecule has 1 saturated carbocycles. The van der Waals surface area contributed by atoms with Gasteiger partial charge in [-0.05, 0) is 43.2 Å². The van der Waals surface area contributed by atoms with Crippen molar-refractivity contribution in [2.24, 2.45) is 5.92 Å². The van der Waals surface area contributed by atoms with Crippen molar-refractivity contribution in [2.45, 2.75) is 31.3 Å². The first-order valence-corrected chi connectivity index (χ1v) is 7.99. The van der Waals surface area contributed by atoms with Gasteiger partial charge in [0.1, 0.15) is 0 Å². The molecule has 4 heteroatoms. The number of aryl methyl sites for hydroxylation is 1. The van der Waals surface area contributed by atoms with E-state index in [-0.39, 0.29) is 5.91 Å². The van der Waals surface area contributed by atoms with Crippen LogP contribution in [-0.2, 0) is 11.2 Å². The fourth-order valence-corrected chi connectivity index (χ4v) is 3.79. The van der Waals surface area contributed by atoms with Crippen LogP contribution in [-0.4, -0.2) is 47.7 Å². The first-order chi connectivity index (χ1) is 10.2. The van der Waals surface area contributed by atoms with Crippen LogP contribution in [0, 0.1) is 5.92 Å². The predicted octanol–water partition coefficient (Wildman–Crippen LogP) is 1.42. The van der Waals surface area contributed by atoms with Gasteiger partial charge >= 0.3 is 0 Å². The number of amides is 1. The Hall–Kier alpha value is -1.39. The number of para-hydroxylation sites is 1. The lowest BCUT2D eigenvalue weighted by atomic mass is 9.89. The molecule has 0 radical (unpaired) electrons. The number of fused-ring (bicyclic) bond motifs is 1.